The Hall–Kier alpha value is -0.730. The molecule has 1 atom stereocenters. The smallest absolute Gasteiger partial charge is 0.224 e. The van der Waals surface area contributed by atoms with Crippen molar-refractivity contribution in [2.45, 2.75) is 12.8 Å². The van der Waals surface area contributed by atoms with Crippen LogP contribution in [0.25, 0.3) is 0 Å². The van der Waals surface area contributed by atoms with Crippen LogP contribution < -0.4 is 5.73 Å². The molecule has 0 fully saturated rings. The highest BCUT2D eigenvalue weighted by atomic mass is 35.5. The Labute approximate surface area is 86.6 Å². The van der Waals surface area contributed by atoms with Crippen LogP contribution in [-0.2, 0) is 4.79 Å². The van der Waals surface area contributed by atoms with Crippen LogP contribution in [0.15, 0.2) is 18.2 Å². The number of amides is 1. The van der Waals surface area contributed by atoms with Gasteiger partial charge in [0.25, 0.3) is 0 Å². The molecule has 0 radical (unpaired) electrons. The van der Waals surface area contributed by atoms with E-state index in [1.54, 1.807) is 25.1 Å². The standard InChI is InChI=1S/C9H9Cl2NO/c1-5(9(12)13)6-2-3-7(10)8(11)4-6/h2-5H,1H3,(H2,12,13)/t5-/m1/s1. The number of primary amides is 1. The van der Waals surface area contributed by atoms with Gasteiger partial charge in [-0.1, -0.05) is 29.3 Å². The van der Waals surface area contributed by atoms with Gasteiger partial charge in [0.2, 0.25) is 5.91 Å². The van der Waals surface area contributed by atoms with Gasteiger partial charge in [-0.05, 0) is 24.6 Å². The summed E-state index contributed by atoms with van der Waals surface area (Å²) in [4.78, 5) is 10.8. The van der Waals surface area contributed by atoms with E-state index in [4.69, 9.17) is 28.9 Å². The minimum Gasteiger partial charge on any atom is -0.369 e. The number of carbonyl (C=O) groups excluding carboxylic acids is 1. The number of hydrogen-bond donors (Lipinski definition) is 1. The van der Waals surface area contributed by atoms with Gasteiger partial charge in [0.1, 0.15) is 0 Å². The van der Waals surface area contributed by atoms with Crippen LogP contribution in [0.3, 0.4) is 0 Å². The molecule has 70 valence electrons. The quantitative estimate of drug-likeness (QED) is 0.814. The van der Waals surface area contributed by atoms with E-state index >= 15 is 0 Å². The zero-order valence-electron chi connectivity index (χ0n) is 7.05. The summed E-state index contributed by atoms with van der Waals surface area (Å²) >= 11 is 11.5. The molecule has 0 saturated carbocycles. The molecule has 0 spiro atoms. The largest absolute Gasteiger partial charge is 0.369 e. The normalized spacial score (nSPS) is 12.5. The number of rotatable bonds is 2. The molecule has 0 aliphatic carbocycles. The molecule has 0 unspecified atom stereocenters. The summed E-state index contributed by atoms with van der Waals surface area (Å²) in [6.45, 7) is 1.72. The van der Waals surface area contributed by atoms with Crippen molar-refractivity contribution in [2.75, 3.05) is 0 Å². The molecule has 0 aromatic heterocycles. The minimum atomic E-state index is -0.376. The van der Waals surface area contributed by atoms with E-state index < -0.39 is 0 Å². The fraction of sp³-hybridized carbons (Fsp3) is 0.222. The molecule has 0 aliphatic heterocycles. The first-order valence-corrected chi connectivity index (χ1v) is 4.52. The van der Waals surface area contributed by atoms with Crippen molar-refractivity contribution in [3.8, 4) is 0 Å². The first kappa shape index (κ1) is 10.4. The second-order valence-corrected chi connectivity index (χ2v) is 3.61. The predicted molar refractivity (Wildman–Crippen MR) is 54.1 cm³/mol. The molecule has 0 saturated heterocycles. The van der Waals surface area contributed by atoms with Crippen molar-refractivity contribution in [3.05, 3.63) is 33.8 Å². The zero-order chi connectivity index (χ0) is 10.0. The summed E-state index contributed by atoms with van der Waals surface area (Å²) < 4.78 is 0. The van der Waals surface area contributed by atoms with E-state index in [-0.39, 0.29) is 11.8 Å². The Balaban J connectivity index is 3.03. The summed E-state index contributed by atoms with van der Waals surface area (Å²) in [7, 11) is 0. The first-order valence-electron chi connectivity index (χ1n) is 3.76. The van der Waals surface area contributed by atoms with Gasteiger partial charge in [-0.2, -0.15) is 0 Å². The number of nitrogens with two attached hydrogens (primary N) is 1. The number of halogens is 2. The highest BCUT2D eigenvalue weighted by Crippen LogP contribution is 2.26. The molecule has 1 aromatic carbocycles. The maximum Gasteiger partial charge on any atom is 0.224 e. The highest BCUT2D eigenvalue weighted by molar-refractivity contribution is 6.42. The summed E-state index contributed by atoms with van der Waals surface area (Å²) in [5, 5.41) is 0.911. The Morgan fingerprint density at radius 3 is 2.46 bits per heavy atom. The van der Waals surface area contributed by atoms with Crippen LogP contribution in [0.2, 0.25) is 10.0 Å². The molecule has 0 aliphatic rings. The summed E-state index contributed by atoms with van der Waals surface area (Å²) in [6, 6.07) is 5.04. The van der Waals surface area contributed by atoms with E-state index in [9.17, 15) is 4.79 Å². The van der Waals surface area contributed by atoms with Crippen molar-refractivity contribution in [1.82, 2.24) is 0 Å². The summed E-state index contributed by atoms with van der Waals surface area (Å²) in [5.74, 6) is -0.715. The van der Waals surface area contributed by atoms with Crippen molar-refractivity contribution in [3.63, 3.8) is 0 Å². The lowest BCUT2D eigenvalue weighted by Crippen LogP contribution is -2.18. The van der Waals surface area contributed by atoms with Crippen LogP contribution in [0.4, 0.5) is 0 Å². The van der Waals surface area contributed by atoms with Crippen molar-refractivity contribution in [2.24, 2.45) is 5.73 Å². The van der Waals surface area contributed by atoms with E-state index in [0.29, 0.717) is 10.0 Å². The second kappa shape index (κ2) is 3.99. The number of benzene rings is 1. The maximum atomic E-state index is 10.8. The fourth-order valence-corrected chi connectivity index (χ4v) is 1.25. The lowest BCUT2D eigenvalue weighted by atomic mass is 10.0. The van der Waals surface area contributed by atoms with Crippen molar-refractivity contribution in [1.29, 1.82) is 0 Å². The summed E-state index contributed by atoms with van der Waals surface area (Å²) in [5.41, 5.74) is 5.92. The topological polar surface area (TPSA) is 43.1 Å². The SMILES string of the molecule is C[C@@H](C(N)=O)c1ccc(Cl)c(Cl)c1. The second-order valence-electron chi connectivity index (χ2n) is 2.80. The highest BCUT2D eigenvalue weighted by Gasteiger charge is 2.12. The Morgan fingerprint density at radius 1 is 1.38 bits per heavy atom. The molecule has 1 amide bonds. The predicted octanol–water partition coefficient (Wildman–Crippen LogP) is 2.58. The zero-order valence-corrected chi connectivity index (χ0v) is 8.56. The Kier molecular flexibility index (Phi) is 3.17. The third-order valence-corrected chi connectivity index (χ3v) is 2.61. The van der Waals surface area contributed by atoms with Gasteiger partial charge in [0.15, 0.2) is 0 Å². The van der Waals surface area contributed by atoms with Crippen molar-refractivity contribution >= 4 is 29.1 Å². The Bertz CT molecular complexity index is 338. The lowest BCUT2D eigenvalue weighted by Gasteiger charge is -2.07. The van der Waals surface area contributed by atoms with Gasteiger partial charge < -0.3 is 5.73 Å². The van der Waals surface area contributed by atoms with Crippen LogP contribution >= 0.6 is 23.2 Å². The molecule has 2 N–H and O–H groups in total. The minimum absolute atomic E-state index is 0.338. The monoisotopic (exact) mass is 217 g/mol. The van der Waals surface area contributed by atoms with E-state index in [2.05, 4.69) is 0 Å². The van der Waals surface area contributed by atoms with Gasteiger partial charge in [0.05, 0.1) is 16.0 Å². The molecule has 0 heterocycles. The Morgan fingerprint density at radius 2 is 2.00 bits per heavy atom. The maximum absolute atomic E-state index is 10.8. The summed E-state index contributed by atoms with van der Waals surface area (Å²) in [6.07, 6.45) is 0. The molecule has 1 aromatic rings. The van der Waals surface area contributed by atoms with E-state index in [1.807, 2.05) is 0 Å². The third kappa shape index (κ3) is 2.36. The van der Waals surface area contributed by atoms with Gasteiger partial charge in [-0.3, -0.25) is 4.79 Å². The van der Waals surface area contributed by atoms with Gasteiger partial charge in [-0.15, -0.1) is 0 Å². The van der Waals surface area contributed by atoms with Crippen LogP contribution in [-0.4, -0.2) is 5.91 Å². The van der Waals surface area contributed by atoms with Gasteiger partial charge in [0, 0.05) is 0 Å². The third-order valence-electron chi connectivity index (χ3n) is 1.87. The average Bonchev–Trinajstić information content (AvgIpc) is 2.08. The van der Waals surface area contributed by atoms with Crippen molar-refractivity contribution < 1.29 is 4.79 Å². The number of carbonyl (C=O) groups is 1. The van der Waals surface area contributed by atoms with Crippen LogP contribution in [0, 0.1) is 0 Å². The molecule has 2 nitrogen and oxygen atoms in total. The molecule has 1 rings (SSSR count). The molecule has 4 heteroatoms. The first-order chi connectivity index (χ1) is 6.02. The van der Waals surface area contributed by atoms with Gasteiger partial charge in [-0.25, -0.2) is 0 Å². The lowest BCUT2D eigenvalue weighted by molar-refractivity contribution is -0.119. The van der Waals surface area contributed by atoms with E-state index in [1.165, 1.54) is 0 Å². The average molecular weight is 218 g/mol. The van der Waals surface area contributed by atoms with E-state index in [0.717, 1.165) is 5.56 Å². The fourth-order valence-electron chi connectivity index (χ4n) is 0.946. The molecule has 0 bridgehead atoms. The van der Waals surface area contributed by atoms with Crippen LogP contribution in [0.1, 0.15) is 18.4 Å². The molecule has 13 heavy (non-hydrogen) atoms. The van der Waals surface area contributed by atoms with Crippen LogP contribution in [0.5, 0.6) is 0 Å². The molecular weight excluding hydrogens is 209 g/mol. The van der Waals surface area contributed by atoms with Gasteiger partial charge >= 0.3 is 0 Å². The number of hydrogen-bond acceptors (Lipinski definition) is 1. The molecular formula is C9H9Cl2NO.